The Bertz CT molecular complexity index is 513. The van der Waals surface area contributed by atoms with Crippen LogP contribution in [0.2, 0.25) is 0 Å². The molecule has 1 amide bonds. The lowest BCUT2D eigenvalue weighted by molar-refractivity contribution is 0.0911. The first-order valence-corrected chi connectivity index (χ1v) is 8.99. The van der Waals surface area contributed by atoms with Crippen molar-refractivity contribution >= 4 is 5.91 Å². The molecular formula is C19H31N3O2. The van der Waals surface area contributed by atoms with Gasteiger partial charge in [0.25, 0.3) is 5.91 Å². The van der Waals surface area contributed by atoms with Crippen LogP contribution >= 0.6 is 0 Å². The van der Waals surface area contributed by atoms with Crippen molar-refractivity contribution in [3.63, 3.8) is 0 Å². The lowest BCUT2D eigenvalue weighted by Gasteiger charge is -2.30. The number of likely N-dealkylation sites (N-methyl/N-ethyl adjacent to an activating group) is 1. The van der Waals surface area contributed by atoms with Crippen molar-refractivity contribution in [2.75, 3.05) is 33.8 Å². The van der Waals surface area contributed by atoms with Crippen molar-refractivity contribution in [3.05, 3.63) is 29.8 Å². The fourth-order valence-corrected chi connectivity index (χ4v) is 3.27. The molecule has 0 spiro atoms. The molecule has 0 aromatic heterocycles. The van der Waals surface area contributed by atoms with Crippen molar-refractivity contribution in [3.8, 4) is 5.75 Å². The van der Waals surface area contributed by atoms with Crippen LogP contribution in [-0.2, 0) is 0 Å². The number of rotatable bonds is 8. The second-order valence-corrected chi connectivity index (χ2v) is 6.86. The van der Waals surface area contributed by atoms with Gasteiger partial charge in [0.05, 0.1) is 5.56 Å². The van der Waals surface area contributed by atoms with Crippen LogP contribution in [0.5, 0.6) is 5.75 Å². The standard InChI is InChI=1S/C19H31N3O2/c1-22(2)12-13-24-18-11-7-6-10-16(18)19(23)21-17(14-20)15-8-4-3-5-9-15/h6-7,10-11,15,17H,3-5,8-9,12-14,20H2,1-2H3,(H,21,23). The summed E-state index contributed by atoms with van der Waals surface area (Å²) in [5.74, 6) is 1.04. The van der Waals surface area contributed by atoms with Gasteiger partial charge < -0.3 is 20.7 Å². The number of hydrogen-bond donors (Lipinski definition) is 2. The van der Waals surface area contributed by atoms with Gasteiger partial charge in [-0.15, -0.1) is 0 Å². The highest BCUT2D eigenvalue weighted by Gasteiger charge is 2.25. The van der Waals surface area contributed by atoms with E-state index in [-0.39, 0.29) is 11.9 Å². The third-order valence-corrected chi connectivity index (χ3v) is 4.72. The number of para-hydroxylation sites is 1. The smallest absolute Gasteiger partial charge is 0.255 e. The molecule has 1 aliphatic carbocycles. The average molecular weight is 333 g/mol. The van der Waals surface area contributed by atoms with Crippen LogP contribution in [0.25, 0.3) is 0 Å². The maximum absolute atomic E-state index is 12.7. The Kier molecular flexibility index (Phi) is 7.53. The Labute approximate surface area is 145 Å². The van der Waals surface area contributed by atoms with Gasteiger partial charge in [0.15, 0.2) is 0 Å². The van der Waals surface area contributed by atoms with E-state index in [0.717, 1.165) is 19.4 Å². The molecule has 1 fully saturated rings. The van der Waals surface area contributed by atoms with E-state index < -0.39 is 0 Å². The topological polar surface area (TPSA) is 67.6 Å². The molecule has 2 rings (SSSR count). The molecule has 3 N–H and O–H groups in total. The van der Waals surface area contributed by atoms with Gasteiger partial charge >= 0.3 is 0 Å². The molecule has 0 saturated heterocycles. The van der Waals surface area contributed by atoms with Crippen LogP contribution in [0.4, 0.5) is 0 Å². The summed E-state index contributed by atoms with van der Waals surface area (Å²) < 4.78 is 5.80. The molecule has 1 aromatic rings. The van der Waals surface area contributed by atoms with Crippen molar-refractivity contribution in [1.29, 1.82) is 0 Å². The van der Waals surface area contributed by atoms with Crippen LogP contribution in [-0.4, -0.2) is 50.6 Å². The Hall–Kier alpha value is -1.59. The van der Waals surface area contributed by atoms with Crippen molar-refractivity contribution < 1.29 is 9.53 Å². The molecule has 1 unspecified atom stereocenters. The minimum Gasteiger partial charge on any atom is -0.491 e. The first-order valence-electron chi connectivity index (χ1n) is 8.99. The third kappa shape index (κ3) is 5.49. The average Bonchev–Trinajstić information content (AvgIpc) is 2.60. The van der Waals surface area contributed by atoms with Gasteiger partial charge in [-0.3, -0.25) is 4.79 Å². The first-order chi connectivity index (χ1) is 11.6. The first kappa shape index (κ1) is 18.7. The molecule has 1 aliphatic rings. The van der Waals surface area contributed by atoms with E-state index in [1.807, 2.05) is 38.4 Å². The summed E-state index contributed by atoms with van der Waals surface area (Å²) in [6.07, 6.45) is 6.08. The van der Waals surface area contributed by atoms with E-state index in [4.69, 9.17) is 10.5 Å². The van der Waals surface area contributed by atoms with E-state index in [1.165, 1.54) is 19.3 Å². The molecule has 134 valence electrons. The summed E-state index contributed by atoms with van der Waals surface area (Å²) in [4.78, 5) is 14.8. The lowest BCUT2D eigenvalue weighted by atomic mass is 9.84. The number of amides is 1. The molecule has 1 atom stereocenters. The molecule has 24 heavy (non-hydrogen) atoms. The number of hydrogen-bond acceptors (Lipinski definition) is 4. The monoisotopic (exact) mass is 333 g/mol. The predicted molar refractivity (Wildman–Crippen MR) is 97.4 cm³/mol. The maximum Gasteiger partial charge on any atom is 0.255 e. The fourth-order valence-electron chi connectivity index (χ4n) is 3.27. The second-order valence-electron chi connectivity index (χ2n) is 6.86. The van der Waals surface area contributed by atoms with Crippen LogP contribution in [0.3, 0.4) is 0 Å². The molecule has 0 bridgehead atoms. The summed E-state index contributed by atoms with van der Waals surface area (Å²) in [5, 5.41) is 3.14. The highest BCUT2D eigenvalue weighted by atomic mass is 16.5. The second kappa shape index (κ2) is 9.64. The quantitative estimate of drug-likeness (QED) is 0.766. The number of carbonyl (C=O) groups excluding carboxylic acids is 1. The summed E-state index contributed by atoms with van der Waals surface area (Å²) in [6, 6.07) is 7.47. The highest BCUT2D eigenvalue weighted by Crippen LogP contribution is 2.27. The van der Waals surface area contributed by atoms with Gasteiger partial charge in [-0.25, -0.2) is 0 Å². The highest BCUT2D eigenvalue weighted by molar-refractivity contribution is 5.97. The van der Waals surface area contributed by atoms with E-state index in [9.17, 15) is 4.79 Å². The van der Waals surface area contributed by atoms with E-state index >= 15 is 0 Å². The zero-order valence-electron chi connectivity index (χ0n) is 15.0. The van der Waals surface area contributed by atoms with Crippen molar-refractivity contribution in [2.45, 2.75) is 38.1 Å². The van der Waals surface area contributed by atoms with E-state index in [2.05, 4.69) is 10.2 Å². The Morgan fingerprint density at radius 3 is 2.67 bits per heavy atom. The molecular weight excluding hydrogens is 302 g/mol. The Morgan fingerprint density at radius 2 is 2.00 bits per heavy atom. The van der Waals surface area contributed by atoms with E-state index in [0.29, 0.717) is 30.4 Å². The number of nitrogens with one attached hydrogen (secondary N) is 1. The number of nitrogens with two attached hydrogens (primary N) is 1. The Balaban J connectivity index is 1.99. The predicted octanol–water partition coefficient (Wildman–Crippen LogP) is 2.26. The molecule has 1 aromatic carbocycles. The molecule has 0 aliphatic heterocycles. The van der Waals surface area contributed by atoms with Crippen LogP contribution in [0.1, 0.15) is 42.5 Å². The van der Waals surface area contributed by atoms with Crippen molar-refractivity contribution in [1.82, 2.24) is 10.2 Å². The maximum atomic E-state index is 12.7. The normalized spacial score (nSPS) is 16.8. The van der Waals surface area contributed by atoms with Gasteiger partial charge in [0, 0.05) is 19.1 Å². The van der Waals surface area contributed by atoms with Crippen LogP contribution in [0, 0.1) is 5.92 Å². The van der Waals surface area contributed by atoms with E-state index in [1.54, 1.807) is 0 Å². The van der Waals surface area contributed by atoms with Gasteiger partial charge in [-0.1, -0.05) is 31.4 Å². The van der Waals surface area contributed by atoms with Crippen LogP contribution in [0.15, 0.2) is 24.3 Å². The zero-order valence-corrected chi connectivity index (χ0v) is 15.0. The zero-order chi connectivity index (χ0) is 17.4. The minimum absolute atomic E-state index is 0.0487. The van der Waals surface area contributed by atoms with Crippen LogP contribution < -0.4 is 15.8 Å². The SMILES string of the molecule is CN(C)CCOc1ccccc1C(=O)NC(CN)C1CCCCC1. The molecule has 0 heterocycles. The fraction of sp³-hybridized carbons (Fsp3) is 0.632. The van der Waals surface area contributed by atoms with Crippen molar-refractivity contribution in [2.24, 2.45) is 11.7 Å². The largest absolute Gasteiger partial charge is 0.491 e. The molecule has 5 nitrogen and oxygen atoms in total. The minimum atomic E-state index is -0.0866. The number of benzene rings is 1. The molecule has 0 radical (unpaired) electrons. The van der Waals surface area contributed by atoms with Gasteiger partial charge in [-0.05, 0) is 45.0 Å². The van der Waals surface area contributed by atoms with Gasteiger partial charge in [-0.2, -0.15) is 0 Å². The Morgan fingerprint density at radius 1 is 1.29 bits per heavy atom. The number of nitrogens with zero attached hydrogens (tertiary/aromatic N) is 1. The van der Waals surface area contributed by atoms with Gasteiger partial charge in [0.1, 0.15) is 12.4 Å². The van der Waals surface area contributed by atoms with Gasteiger partial charge in [0.2, 0.25) is 0 Å². The number of ether oxygens (including phenoxy) is 1. The number of carbonyl (C=O) groups is 1. The summed E-state index contributed by atoms with van der Waals surface area (Å²) in [6.45, 7) is 1.85. The molecule has 5 heteroatoms. The third-order valence-electron chi connectivity index (χ3n) is 4.72. The lowest BCUT2D eigenvalue weighted by Crippen LogP contribution is -2.46. The summed E-state index contributed by atoms with van der Waals surface area (Å²) >= 11 is 0. The molecule has 1 saturated carbocycles. The summed E-state index contributed by atoms with van der Waals surface area (Å²) in [5.41, 5.74) is 6.52. The summed E-state index contributed by atoms with van der Waals surface area (Å²) in [7, 11) is 4.00.